The van der Waals surface area contributed by atoms with Crippen molar-refractivity contribution in [2.45, 2.75) is 19.1 Å². The lowest BCUT2D eigenvalue weighted by Gasteiger charge is -2.09. The van der Waals surface area contributed by atoms with Crippen LogP contribution >= 0.6 is 0 Å². The van der Waals surface area contributed by atoms with Crippen LogP contribution < -0.4 is 0 Å². The van der Waals surface area contributed by atoms with Crippen LogP contribution in [0.4, 0.5) is 0 Å². The van der Waals surface area contributed by atoms with E-state index in [0.717, 1.165) is 5.56 Å². The Kier molecular flexibility index (Phi) is 4.98. The Morgan fingerprint density at radius 2 is 2.04 bits per heavy atom. The Hall–Kier alpha value is -2.99. The van der Waals surface area contributed by atoms with Crippen LogP contribution in [0.1, 0.15) is 28.7 Å². The third-order valence-corrected chi connectivity index (χ3v) is 3.41. The topological polar surface area (TPSA) is 85.5 Å². The van der Waals surface area contributed by atoms with Crippen molar-refractivity contribution < 1.29 is 19.2 Å². The van der Waals surface area contributed by atoms with Gasteiger partial charge in [0.25, 0.3) is 0 Å². The van der Waals surface area contributed by atoms with Crippen LogP contribution in [-0.4, -0.2) is 21.2 Å². The maximum Gasteiger partial charge on any atom is 0.340 e. The van der Waals surface area contributed by atoms with Crippen LogP contribution in [0.2, 0.25) is 0 Å². The molecule has 0 aliphatic heterocycles. The molecule has 0 aliphatic rings. The number of hydrogen-bond acceptors (Lipinski definition) is 6. The van der Waals surface area contributed by atoms with E-state index >= 15 is 0 Å². The highest BCUT2D eigenvalue weighted by Crippen LogP contribution is 2.15. The number of carbonyl (C=O) groups excluding carboxylic acids is 1. The normalized spacial score (nSPS) is 11.9. The predicted molar refractivity (Wildman–Crippen MR) is 84.7 cm³/mol. The van der Waals surface area contributed by atoms with E-state index in [9.17, 15) is 9.90 Å². The molecule has 1 aromatic carbocycles. The summed E-state index contributed by atoms with van der Waals surface area (Å²) in [7, 11) is 0. The molecule has 2 heterocycles. The number of rotatable bonds is 6. The lowest BCUT2D eigenvalue weighted by molar-refractivity contribution is -0.155. The van der Waals surface area contributed by atoms with Gasteiger partial charge >= 0.3 is 5.97 Å². The maximum absolute atomic E-state index is 11.9. The lowest BCUT2D eigenvalue weighted by Crippen LogP contribution is -2.15. The molecule has 0 amide bonds. The number of aliphatic hydroxyl groups excluding tert-OH is 1. The zero-order valence-electron chi connectivity index (χ0n) is 12.8. The molecule has 2 aromatic heterocycles. The molecule has 6 heteroatoms. The van der Waals surface area contributed by atoms with Crippen molar-refractivity contribution in [1.29, 1.82) is 0 Å². The highest BCUT2D eigenvalue weighted by molar-refractivity contribution is 5.76. The molecule has 1 atom stereocenters. The fourth-order valence-corrected chi connectivity index (χ4v) is 2.20. The van der Waals surface area contributed by atoms with Crippen LogP contribution in [0.5, 0.6) is 0 Å². The number of esters is 1. The molecule has 0 aliphatic carbocycles. The number of pyridine rings is 1. The van der Waals surface area contributed by atoms with E-state index in [4.69, 9.17) is 9.26 Å². The fourth-order valence-electron chi connectivity index (χ4n) is 2.20. The Bertz CT molecular complexity index is 787. The second-order valence-corrected chi connectivity index (χ2v) is 5.24. The molecule has 1 N–H and O–H groups in total. The molecule has 1 unspecified atom stereocenters. The van der Waals surface area contributed by atoms with Crippen molar-refractivity contribution in [1.82, 2.24) is 10.1 Å². The monoisotopic (exact) mass is 324 g/mol. The van der Waals surface area contributed by atoms with Crippen molar-refractivity contribution in [3.8, 4) is 0 Å². The summed E-state index contributed by atoms with van der Waals surface area (Å²) in [5.41, 5.74) is 1.98. The number of carbonyl (C=O) groups is 1. The molecule has 122 valence electrons. The van der Waals surface area contributed by atoms with Crippen molar-refractivity contribution in [2.75, 3.05) is 0 Å². The standard InChI is InChI=1S/C18H16N2O4/c21-17(14-7-4-8-19-11-14)18(22)23-12-15-10-16(24-20-15)9-13-5-2-1-3-6-13/h1-8,10-11,17,21H,9,12H2. The van der Waals surface area contributed by atoms with Gasteiger partial charge in [-0.2, -0.15) is 0 Å². The molecule has 0 saturated carbocycles. The quantitative estimate of drug-likeness (QED) is 0.701. The van der Waals surface area contributed by atoms with Gasteiger partial charge in [-0.05, 0) is 11.6 Å². The second-order valence-electron chi connectivity index (χ2n) is 5.24. The minimum Gasteiger partial charge on any atom is -0.457 e. The molecule has 24 heavy (non-hydrogen) atoms. The molecule has 0 bridgehead atoms. The summed E-state index contributed by atoms with van der Waals surface area (Å²) in [5.74, 6) is -0.0735. The summed E-state index contributed by atoms with van der Waals surface area (Å²) in [4.78, 5) is 15.7. The van der Waals surface area contributed by atoms with Crippen LogP contribution in [0.3, 0.4) is 0 Å². The third kappa shape index (κ3) is 4.05. The zero-order valence-corrected chi connectivity index (χ0v) is 12.8. The Labute approximate surface area is 138 Å². The van der Waals surface area contributed by atoms with Crippen LogP contribution in [-0.2, 0) is 22.6 Å². The van der Waals surface area contributed by atoms with E-state index in [2.05, 4.69) is 10.1 Å². The summed E-state index contributed by atoms with van der Waals surface area (Å²) in [6, 6.07) is 14.8. The third-order valence-electron chi connectivity index (χ3n) is 3.41. The van der Waals surface area contributed by atoms with Crippen molar-refractivity contribution in [3.63, 3.8) is 0 Å². The molecule has 3 rings (SSSR count). The van der Waals surface area contributed by atoms with Gasteiger partial charge in [0, 0.05) is 30.4 Å². The minimum absolute atomic E-state index is 0.0611. The Morgan fingerprint density at radius 3 is 2.79 bits per heavy atom. The first-order valence-corrected chi connectivity index (χ1v) is 7.45. The molecule has 0 saturated heterocycles. The van der Waals surface area contributed by atoms with Crippen LogP contribution in [0, 0.1) is 0 Å². The van der Waals surface area contributed by atoms with Gasteiger partial charge in [0.1, 0.15) is 18.1 Å². The van der Waals surface area contributed by atoms with E-state index in [1.807, 2.05) is 30.3 Å². The van der Waals surface area contributed by atoms with Crippen LogP contribution in [0.15, 0.2) is 65.4 Å². The smallest absolute Gasteiger partial charge is 0.340 e. The van der Waals surface area contributed by atoms with Crippen molar-refractivity contribution in [3.05, 3.63) is 83.5 Å². The first kappa shape index (κ1) is 15.9. The number of ether oxygens (including phenoxy) is 1. The Balaban J connectivity index is 1.54. The summed E-state index contributed by atoms with van der Waals surface area (Å²) in [5, 5.41) is 13.8. The summed E-state index contributed by atoms with van der Waals surface area (Å²) < 4.78 is 10.3. The zero-order chi connectivity index (χ0) is 16.8. The summed E-state index contributed by atoms with van der Waals surface area (Å²) in [6.07, 6.45) is 2.22. The maximum atomic E-state index is 11.9. The highest BCUT2D eigenvalue weighted by atomic mass is 16.5. The Morgan fingerprint density at radius 1 is 1.21 bits per heavy atom. The van der Waals surface area contributed by atoms with E-state index in [1.54, 1.807) is 24.4 Å². The summed E-state index contributed by atoms with van der Waals surface area (Å²) in [6.45, 7) is -0.0611. The van der Waals surface area contributed by atoms with E-state index in [-0.39, 0.29) is 6.61 Å². The lowest BCUT2D eigenvalue weighted by atomic mass is 10.1. The van der Waals surface area contributed by atoms with E-state index in [0.29, 0.717) is 23.4 Å². The molecule has 0 radical (unpaired) electrons. The van der Waals surface area contributed by atoms with Gasteiger partial charge in [-0.1, -0.05) is 41.6 Å². The van der Waals surface area contributed by atoms with E-state index in [1.165, 1.54) is 6.20 Å². The molecule has 3 aromatic rings. The van der Waals surface area contributed by atoms with Crippen molar-refractivity contribution >= 4 is 5.97 Å². The number of aromatic nitrogens is 2. The van der Waals surface area contributed by atoms with Gasteiger partial charge in [0.05, 0.1) is 0 Å². The van der Waals surface area contributed by atoms with Gasteiger partial charge in [0.2, 0.25) is 0 Å². The average molecular weight is 324 g/mol. The molecule has 0 spiro atoms. The molecule has 0 fully saturated rings. The molecular formula is C18H16N2O4. The van der Waals surface area contributed by atoms with Gasteiger partial charge in [-0.3, -0.25) is 4.98 Å². The van der Waals surface area contributed by atoms with Gasteiger partial charge < -0.3 is 14.4 Å². The van der Waals surface area contributed by atoms with Gasteiger partial charge in [0.15, 0.2) is 6.10 Å². The summed E-state index contributed by atoms with van der Waals surface area (Å²) >= 11 is 0. The van der Waals surface area contributed by atoms with Gasteiger partial charge in [-0.25, -0.2) is 4.79 Å². The molecular weight excluding hydrogens is 308 g/mol. The number of aliphatic hydroxyl groups is 1. The highest BCUT2D eigenvalue weighted by Gasteiger charge is 2.19. The number of nitrogens with zero attached hydrogens (tertiary/aromatic N) is 2. The first-order chi connectivity index (χ1) is 11.7. The van der Waals surface area contributed by atoms with Crippen molar-refractivity contribution in [2.24, 2.45) is 0 Å². The minimum atomic E-state index is -1.37. The number of benzene rings is 1. The average Bonchev–Trinajstić information content (AvgIpc) is 3.08. The van der Waals surface area contributed by atoms with Crippen LogP contribution in [0.25, 0.3) is 0 Å². The SMILES string of the molecule is O=C(OCc1cc(Cc2ccccc2)on1)C(O)c1cccnc1. The number of hydrogen-bond donors (Lipinski definition) is 1. The first-order valence-electron chi connectivity index (χ1n) is 7.45. The predicted octanol–water partition coefficient (Wildman–Crippen LogP) is 2.44. The molecule has 6 nitrogen and oxygen atoms in total. The fraction of sp³-hybridized carbons (Fsp3) is 0.167. The van der Waals surface area contributed by atoms with E-state index < -0.39 is 12.1 Å². The second kappa shape index (κ2) is 7.52. The van der Waals surface area contributed by atoms with Gasteiger partial charge in [-0.15, -0.1) is 0 Å². The largest absolute Gasteiger partial charge is 0.457 e.